The zero-order chi connectivity index (χ0) is 15.0. The van der Waals surface area contributed by atoms with Gasteiger partial charge in [-0.2, -0.15) is 0 Å². The lowest BCUT2D eigenvalue weighted by Gasteiger charge is -2.40. The normalized spacial score (nSPS) is 24.0. The van der Waals surface area contributed by atoms with Gasteiger partial charge in [0.15, 0.2) is 0 Å². The molecule has 0 amide bonds. The Morgan fingerprint density at radius 3 is 2.50 bits per heavy atom. The van der Waals surface area contributed by atoms with E-state index >= 15 is 0 Å². The highest BCUT2D eigenvalue weighted by Gasteiger charge is 2.33. The van der Waals surface area contributed by atoms with Crippen molar-refractivity contribution in [3.63, 3.8) is 0 Å². The van der Waals surface area contributed by atoms with Gasteiger partial charge in [0, 0.05) is 38.2 Å². The van der Waals surface area contributed by atoms with Crippen LogP contribution in [-0.4, -0.2) is 76.9 Å². The van der Waals surface area contributed by atoms with Crippen LogP contribution in [0.1, 0.15) is 26.7 Å². The third kappa shape index (κ3) is 7.02. The summed E-state index contributed by atoms with van der Waals surface area (Å²) in [6.45, 7) is 11.9. The number of hydrogen-bond acceptors (Lipinski definition) is 4. The Bertz CT molecular complexity index is 250. The summed E-state index contributed by atoms with van der Waals surface area (Å²) in [5.74, 6) is 0.711. The smallest absolute Gasteiger partial charge is 0.0546 e. The van der Waals surface area contributed by atoms with Crippen molar-refractivity contribution in [2.24, 2.45) is 11.3 Å². The minimum absolute atomic E-state index is 0.300. The molecule has 1 atom stereocenters. The summed E-state index contributed by atoms with van der Waals surface area (Å²) >= 11 is 0. The van der Waals surface area contributed by atoms with Gasteiger partial charge in [-0.25, -0.2) is 0 Å². The molecule has 20 heavy (non-hydrogen) atoms. The number of hydrogen-bond donors (Lipinski definition) is 1. The second-order valence-electron chi connectivity index (χ2n) is 7.22. The van der Waals surface area contributed by atoms with Crippen LogP contribution in [0.15, 0.2) is 0 Å². The van der Waals surface area contributed by atoms with Gasteiger partial charge in [-0.1, -0.05) is 13.8 Å². The molecule has 0 spiro atoms. The lowest BCUT2D eigenvalue weighted by molar-refractivity contribution is -0.0233. The maximum atomic E-state index is 5.79. The first kappa shape index (κ1) is 17.9. The van der Waals surface area contributed by atoms with E-state index in [1.165, 1.54) is 12.8 Å². The number of nitrogens with one attached hydrogen (secondary N) is 1. The molecule has 1 rings (SSSR count). The molecule has 1 aliphatic rings. The van der Waals surface area contributed by atoms with E-state index in [9.17, 15) is 0 Å². The molecule has 1 heterocycles. The van der Waals surface area contributed by atoms with Crippen LogP contribution in [0.5, 0.6) is 0 Å². The maximum absolute atomic E-state index is 5.79. The van der Waals surface area contributed by atoms with Crippen molar-refractivity contribution in [3.8, 4) is 0 Å². The molecule has 0 aromatic rings. The molecule has 4 heteroatoms. The van der Waals surface area contributed by atoms with Gasteiger partial charge in [0.2, 0.25) is 0 Å². The SMILES string of the molecule is CC(C)CNCC1(CN(C)CCN(C)C)CCCOC1. The van der Waals surface area contributed by atoms with Gasteiger partial charge in [-0.3, -0.25) is 0 Å². The molecule has 0 saturated carbocycles. The predicted molar refractivity (Wildman–Crippen MR) is 86.2 cm³/mol. The molecule has 4 nitrogen and oxygen atoms in total. The molecule has 1 N–H and O–H groups in total. The molecule has 0 radical (unpaired) electrons. The van der Waals surface area contributed by atoms with Gasteiger partial charge in [-0.15, -0.1) is 0 Å². The van der Waals surface area contributed by atoms with Gasteiger partial charge < -0.3 is 19.9 Å². The van der Waals surface area contributed by atoms with E-state index in [1.54, 1.807) is 0 Å². The van der Waals surface area contributed by atoms with E-state index in [-0.39, 0.29) is 0 Å². The number of nitrogens with zero attached hydrogens (tertiary/aromatic N) is 2. The minimum Gasteiger partial charge on any atom is -0.381 e. The number of ether oxygens (including phenoxy) is 1. The van der Waals surface area contributed by atoms with Crippen molar-refractivity contribution < 1.29 is 4.74 Å². The Morgan fingerprint density at radius 2 is 1.95 bits per heavy atom. The van der Waals surface area contributed by atoms with Crippen molar-refractivity contribution in [1.82, 2.24) is 15.1 Å². The first-order valence-electron chi connectivity index (χ1n) is 8.05. The van der Waals surface area contributed by atoms with E-state index in [0.717, 1.165) is 45.9 Å². The fraction of sp³-hybridized carbons (Fsp3) is 1.00. The van der Waals surface area contributed by atoms with Gasteiger partial charge in [0.05, 0.1) is 6.61 Å². The summed E-state index contributed by atoms with van der Waals surface area (Å²) in [7, 11) is 6.51. The van der Waals surface area contributed by atoms with Gasteiger partial charge in [-0.05, 0) is 46.4 Å². The van der Waals surface area contributed by atoms with Crippen LogP contribution in [0, 0.1) is 11.3 Å². The highest BCUT2D eigenvalue weighted by atomic mass is 16.5. The molecule has 0 aliphatic carbocycles. The molecule has 0 aromatic carbocycles. The molecule has 0 bridgehead atoms. The molecule has 1 fully saturated rings. The molecular formula is C16H35N3O. The third-order valence-corrected chi connectivity index (χ3v) is 3.99. The lowest BCUT2D eigenvalue weighted by Crippen LogP contribution is -2.49. The van der Waals surface area contributed by atoms with Crippen LogP contribution in [0.2, 0.25) is 0 Å². The quantitative estimate of drug-likeness (QED) is 0.695. The highest BCUT2D eigenvalue weighted by Crippen LogP contribution is 2.28. The highest BCUT2D eigenvalue weighted by molar-refractivity contribution is 4.87. The Morgan fingerprint density at radius 1 is 1.20 bits per heavy atom. The summed E-state index contributed by atoms with van der Waals surface area (Å²) in [5, 5.41) is 3.65. The maximum Gasteiger partial charge on any atom is 0.0546 e. The summed E-state index contributed by atoms with van der Waals surface area (Å²) in [5.41, 5.74) is 0.300. The van der Waals surface area contributed by atoms with Crippen LogP contribution in [0.3, 0.4) is 0 Å². The monoisotopic (exact) mass is 285 g/mol. The van der Waals surface area contributed by atoms with Crippen molar-refractivity contribution in [1.29, 1.82) is 0 Å². The Balaban J connectivity index is 2.45. The summed E-state index contributed by atoms with van der Waals surface area (Å²) in [4.78, 5) is 4.71. The average molecular weight is 285 g/mol. The molecule has 1 saturated heterocycles. The largest absolute Gasteiger partial charge is 0.381 e. The summed E-state index contributed by atoms with van der Waals surface area (Å²) in [6.07, 6.45) is 2.48. The van der Waals surface area contributed by atoms with Crippen molar-refractivity contribution >= 4 is 0 Å². The Kier molecular flexibility index (Phi) is 8.03. The molecule has 1 aliphatic heterocycles. The van der Waals surface area contributed by atoms with E-state index in [4.69, 9.17) is 4.74 Å². The van der Waals surface area contributed by atoms with Crippen LogP contribution in [0.25, 0.3) is 0 Å². The van der Waals surface area contributed by atoms with Crippen LogP contribution in [-0.2, 0) is 4.74 Å². The summed E-state index contributed by atoms with van der Waals surface area (Å²) in [6, 6.07) is 0. The van der Waals surface area contributed by atoms with E-state index in [0.29, 0.717) is 11.3 Å². The van der Waals surface area contributed by atoms with E-state index in [1.807, 2.05) is 0 Å². The van der Waals surface area contributed by atoms with Crippen molar-refractivity contribution in [2.75, 3.05) is 67.1 Å². The molecule has 120 valence electrons. The fourth-order valence-corrected chi connectivity index (χ4v) is 2.88. The minimum atomic E-state index is 0.300. The first-order chi connectivity index (χ1) is 9.43. The van der Waals surface area contributed by atoms with Gasteiger partial charge in [0.1, 0.15) is 0 Å². The van der Waals surface area contributed by atoms with Crippen molar-refractivity contribution in [2.45, 2.75) is 26.7 Å². The Labute approximate surface area is 125 Å². The van der Waals surface area contributed by atoms with E-state index in [2.05, 4.69) is 50.1 Å². The van der Waals surface area contributed by atoms with E-state index < -0.39 is 0 Å². The van der Waals surface area contributed by atoms with Crippen LogP contribution < -0.4 is 5.32 Å². The summed E-state index contributed by atoms with van der Waals surface area (Å²) < 4.78 is 5.79. The van der Waals surface area contributed by atoms with Crippen molar-refractivity contribution in [3.05, 3.63) is 0 Å². The predicted octanol–water partition coefficient (Wildman–Crippen LogP) is 1.52. The Hall–Kier alpha value is -0.160. The van der Waals surface area contributed by atoms with Gasteiger partial charge in [0.25, 0.3) is 0 Å². The number of likely N-dealkylation sites (N-methyl/N-ethyl adjacent to an activating group) is 2. The third-order valence-electron chi connectivity index (χ3n) is 3.99. The second kappa shape index (κ2) is 8.98. The fourth-order valence-electron chi connectivity index (χ4n) is 2.88. The van der Waals surface area contributed by atoms with Crippen LogP contribution in [0.4, 0.5) is 0 Å². The average Bonchev–Trinajstić information content (AvgIpc) is 2.37. The zero-order valence-corrected chi connectivity index (χ0v) is 14.2. The first-order valence-corrected chi connectivity index (χ1v) is 8.05. The number of rotatable bonds is 9. The van der Waals surface area contributed by atoms with Crippen LogP contribution >= 0.6 is 0 Å². The standard InChI is InChI=1S/C16H35N3O/c1-15(2)11-17-12-16(7-6-10-20-14-16)13-19(5)9-8-18(3)4/h15,17H,6-14H2,1-5H3. The van der Waals surface area contributed by atoms with Gasteiger partial charge >= 0.3 is 0 Å². The molecular weight excluding hydrogens is 250 g/mol. The second-order valence-corrected chi connectivity index (χ2v) is 7.22. The molecule has 1 unspecified atom stereocenters. The lowest BCUT2D eigenvalue weighted by atomic mass is 9.81. The molecule has 0 aromatic heterocycles. The zero-order valence-electron chi connectivity index (χ0n) is 14.2. The topological polar surface area (TPSA) is 27.7 Å².